The van der Waals surface area contributed by atoms with Gasteiger partial charge in [0.25, 0.3) is 0 Å². The number of aromatic nitrogens is 3. The number of H-pyrrole nitrogens is 1. The Balaban J connectivity index is 0. The second-order valence-corrected chi connectivity index (χ2v) is 2.46. The van der Waals surface area contributed by atoms with Crippen molar-refractivity contribution < 1.29 is 11.0 Å². The molecule has 80 valence electrons. The summed E-state index contributed by atoms with van der Waals surface area (Å²) in [6, 6.07) is 7.46. The van der Waals surface area contributed by atoms with Crippen LogP contribution in [0.25, 0.3) is 11.4 Å². The Bertz CT molecular complexity index is 366. The topological polar surface area (TPSA) is 105 Å². The molecular formula is C8H11BClN3O2. The number of hydrogen-bond donors (Lipinski definition) is 1. The monoisotopic (exact) mass is 227 g/mol. The van der Waals surface area contributed by atoms with Crippen molar-refractivity contribution >= 4 is 25.7 Å². The molecule has 0 spiro atoms. The van der Waals surface area contributed by atoms with Crippen LogP contribution in [0.15, 0.2) is 30.6 Å². The molecule has 0 aliphatic rings. The van der Waals surface area contributed by atoms with Gasteiger partial charge in [-0.3, -0.25) is 5.10 Å². The molecule has 0 aliphatic heterocycles. The fourth-order valence-electron chi connectivity index (χ4n) is 0.986. The molecule has 2 radical (unpaired) electrons. The molecule has 1 heterocycles. The van der Waals surface area contributed by atoms with E-state index in [-0.39, 0.29) is 23.4 Å². The van der Waals surface area contributed by atoms with Crippen LogP contribution < -0.4 is 5.46 Å². The third-order valence-corrected chi connectivity index (χ3v) is 1.60. The van der Waals surface area contributed by atoms with E-state index in [9.17, 15) is 0 Å². The van der Waals surface area contributed by atoms with Gasteiger partial charge in [0.15, 0.2) is 5.82 Å². The molecule has 0 aliphatic carbocycles. The number of rotatable bonds is 1. The minimum Gasteiger partial charge on any atom is -0.412 e. The smallest absolute Gasteiger partial charge is 0.155 e. The fourth-order valence-corrected chi connectivity index (χ4v) is 0.986. The highest BCUT2D eigenvalue weighted by Crippen LogP contribution is 2.10. The van der Waals surface area contributed by atoms with Gasteiger partial charge in [0.05, 0.1) is 0 Å². The zero-order valence-corrected chi connectivity index (χ0v) is 8.58. The van der Waals surface area contributed by atoms with Gasteiger partial charge >= 0.3 is 0 Å². The molecule has 0 fully saturated rings. The van der Waals surface area contributed by atoms with Crippen molar-refractivity contribution in [3.05, 3.63) is 30.6 Å². The summed E-state index contributed by atoms with van der Waals surface area (Å²) in [6.45, 7) is 0. The summed E-state index contributed by atoms with van der Waals surface area (Å²) in [4.78, 5) is 4.01. The van der Waals surface area contributed by atoms with Crippen LogP contribution in [0.3, 0.4) is 0 Å². The number of benzene rings is 1. The highest BCUT2D eigenvalue weighted by molar-refractivity contribution is 6.32. The van der Waals surface area contributed by atoms with Crippen molar-refractivity contribution in [2.24, 2.45) is 0 Å². The summed E-state index contributed by atoms with van der Waals surface area (Å²) in [5.41, 5.74) is 1.74. The Morgan fingerprint density at radius 1 is 1.07 bits per heavy atom. The number of nitrogens with zero attached hydrogens (tertiary/aromatic N) is 2. The normalized spacial score (nSPS) is 8.00. The third kappa shape index (κ3) is 3.71. The molecule has 2 aromatic rings. The van der Waals surface area contributed by atoms with Crippen LogP contribution in [0.2, 0.25) is 0 Å². The summed E-state index contributed by atoms with van der Waals surface area (Å²) in [5, 5.41) is 6.52. The molecule has 0 unspecified atom stereocenters. The molecule has 5 N–H and O–H groups in total. The van der Waals surface area contributed by atoms with Gasteiger partial charge < -0.3 is 11.0 Å². The largest absolute Gasteiger partial charge is 0.412 e. The van der Waals surface area contributed by atoms with E-state index in [4.69, 9.17) is 7.85 Å². The van der Waals surface area contributed by atoms with Gasteiger partial charge in [0.1, 0.15) is 14.2 Å². The predicted octanol–water partition coefficient (Wildman–Crippen LogP) is -0.962. The Morgan fingerprint density at radius 2 is 1.67 bits per heavy atom. The van der Waals surface area contributed by atoms with Crippen LogP contribution in [0, 0.1) is 0 Å². The fraction of sp³-hybridized carbons (Fsp3) is 0. The van der Waals surface area contributed by atoms with Crippen molar-refractivity contribution in [2.75, 3.05) is 0 Å². The van der Waals surface area contributed by atoms with Gasteiger partial charge in [-0.05, 0) is 0 Å². The molecular weight excluding hydrogens is 216 g/mol. The van der Waals surface area contributed by atoms with E-state index < -0.39 is 0 Å². The lowest BCUT2D eigenvalue weighted by molar-refractivity contribution is 0.823. The Morgan fingerprint density at radius 3 is 2.13 bits per heavy atom. The van der Waals surface area contributed by atoms with Gasteiger partial charge in [0, 0.05) is 5.56 Å². The second kappa shape index (κ2) is 7.00. The maximum Gasteiger partial charge on any atom is 0.155 e. The maximum absolute atomic E-state index is 5.53. The minimum atomic E-state index is 0. The van der Waals surface area contributed by atoms with E-state index in [1.165, 1.54) is 6.33 Å². The Labute approximate surface area is 94.4 Å². The molecule has 1 aromatic carbocycles. The average molecular weight is 227 g/mol. The number of hydrogen-bond acceptors (Lipinski definition) is 2. The van der Waals surface area contributed by atoms with E-state index >= 15 is 0 Å². The van der Waals surface area contributed by atoms with E-state index in [0.29, 0.717) is 0 Å². The van der Waals surface area contributed by atoms with Gasteiger partial charge in [-0.15, -0.1) is 12.4 Å². The van der Waals surface area contributed by atoms with Crippen LogP contribution in [-0.2, 0) is 0 Å². The summed E-state index contributed by atoms with van der Waals surface area (Å²) < 4.78 is 0. The van der Waals surface area contributed by atoms with E-state index in [2.05, 4.69) is 15.2 Å². The first-order valence-corrected chi connectivity index (χ1v) is 3.57. The Hall–Kier alpha value is -1.37. The molecule has 5 nitrogen and oxygen atoms in total. The molecule has 15 heavy (non-hydrogen) atoms. The van der Waals surface area contributed by atoms with Crippen LogP contribution >= 0.6 is 12.4 Å². The van der Waals surface area contributed by atoms with Crippen molar-refractivity contribution in [3.63, 3.8) is 0 Å². The first kappa shape index (κ1) is 16.1. The van der Waals surface area contributed by atoms with E-state index in [0.717, 1.165) is 16.9 Å². The Kier molecular flexibility index (Phi) is 7.50. The molecule has 0 saturated heterocycles. The van der Waals surface area contributed by atoms with Crippen molar-refractivity contribution in [3.8, 4) is 11.4 Å². The maximum atomic E-state index is 5.53. The third-order valence-electron chi connectivity index (χ3n) is 1.60. The van der Waals surface area contributed by atoms with Crippen molar-refractivity contribution in [2.45, 2.75) is 0 Å². The van der Waals surface area contributed by atoms with Gasteiger partial charge in [-0.25, -0.2) is 4.98 Å². The lowest BCUT2D eigenvalue weighted by atomic mass is 9.95. The van der Waals surface area contributed by atoms with Crippen molar-refractivity contribution in [1.82, 2.24) is 15.2 Å². The molecule has 0 amide bonds. The van der Waals surface area contributed by atoms with Gasteiger partial charge in [-0.1, -0.05) is 29.7 Å². The predicted molar refractivity (Wildman–Crippen MR) is 61.7 cm³/mol. The lowest BCUT2D eigenvalue weighted by Crippen LogP contribution is -1.99. The minimum absolute atomic E-state index is 0. The summed E-state index contributed by atoms with van der Waals surface area (Å²) in [5.74, 6) is 0.759. The van der Waals surface area contributed by atoms with Gasteiger partial charge in [-0.2, -0.15) is 5.10 Å². The zero-order valence-electron chi connectivity index (χ0n) is 7.77. The van der Waals surface area contributed by atoms with Crippen LogP contribution in [0.5, 0.6) is 0 Å². The summed E-state index contributed by atoms with van der Waals surface area (Å²) >= 11 is 0. The standard InChI is InChI=1S/C8H6BN3.ClH.2H2O/c9-7-3-1-6(2-4-7)8-10-5-11-12-8;;;/h1-5H,(H,10,11,12);1H;2*1H2. The van der Waals surface area contributed by atoms with Crippen LogP contribution in [0.4, 0.5) is 0 Å². The molecule has 0 saturated carbocycles. The number of aromatic amines is 1. The lowest BCUT2D eigenvalue weighted by Gasteiger charge is -1.95. The van der Waals surface area contributed by atoms with E-state index in [1.54, 1.807) is 0 Å². The number of nitrogens with one attached hydrogen (secondary N) is 1. The highest BCUT2D eigenvalue weighted by atomic mass is 35.5. The molecule has 0 atom stereocenters. The first-order valence-electron chi connectivity index (χ1n) is 3.57. The number of halogens is 1. The quantitative estimate of drug-likeness (QED) is 0.634. The molecule has 1 aromatic heterocycles. The zero-order chi connectivity index (χ0) is 8.39. The molecule has 0 bridgehead atoms. The SMILES string of the molecule is Cl.O.O.[B]c1ccc(-c2ncn[nH]2)cc1. The summed E-state index contributed by atoms with van der Waals surface area (Å²) in [6.07, 6.45) is 1.48. The molecule has 2 rings (SSSR count). The summed E-state index contributed by atoms with van der Waals surface area (Å²) in [7, 11) is 5.53. The van der Waals surface area contributed by atoms with Gasteiger partial charge in [0.2, 0.25) is 0 Å². The second-order valence-electron chi connectivity index (χ2n) is 2.46. The highest BCUT2D eigenvalue weighted by Gasteiger charge is 1.97. The van der Waals surface area contributed by atoms with Crippen LogP contribution in [-0.4, -0.2) is 34.0 Å². The average Bonchev–Trinajstić information content (AvgIpc) is 2.58. The first-order chi connectivity index (χ1) is 5.86. The van der Waals surface area contributed by atoms with Crippen LogP contribution in [0.1, 0.15) is 0 Å². The van der Waals surface area contributed by atoms with E-state index in [1.807, 2.05) is 24.3 Å². The molecule has 7 heteroatoms. The van der Waals surface area contributed by atoms with Crippen molar-refractivity contribution in [1.29, 1.82) is 0 Å².